The highest BCUT2D eigenvalue weighted by Crippen LogP contribution is 2.40. The molecule has 3 heterocycles. The molecule has 0 radical (unpaired) electrons. The Morgan fingerprint density at radius 2 is 2.08 bits per heavy atom. The molecular weight excluding hydrogens is 320 g/mol. The monoisotopic (exact) mass is 348 g/mol. The third kappa shape index (κ3) is 4.39. The summed E-state index contributed by atoms with van der Waals surface area (Å²) in [6, 6.07) is 1.87. The van der Waals surface area contributed by atoms with Gasteiger partial charge in [-0.1, -0.05) is 0 Å². The van der Waals surface area contributed by atoms with Gasteiger partial charge in [0, 0.05) is 65.1 Å². The first-order chi connectivity index (χ1) is 12.1. The standard InChI is InChI=1S/C18H28N4O3/c1-25-14-13-21-15-18(5-3-16(21)23)6-11-20(12-7-18)17(24)4-10-22-9-2-8-19-22/h2,8-9H,3-7,10-15H2,1H3. The molecule has 7 heteroatoms. The first-order valence-electron chi connectivity index (χ1n) is 9.14. The Hall–Kier alpha value is -1.89. The predicted molar refractivity (Wildman–Crippen MR) is 92.8 cm³/mol. The fourth-order valence-corrected chi connectivity index (χ4v) is 3.95. The molecule has 2 saturated heterocycles. The van der Waals surface area contributed by atoms with E-state index in [1.807, 2.05) is 22.1 Å². The summed E-state index contributed by atoms with van der Waals surface area (Å²) in [7, 11) is 1.66. The number of ether oxygens (including phenoxy) is 1. The minimum Gasteiger partial charge on any atom is -0.383 e. The van der Waals surface area contributed by atoms with E-state index in [1.54, 1.807) is 18.0 Å². The van der Waals surface area contributed by atoms with Crippen LogP contribution in [0.2, 0.25) is 0 Å². The number of carbonyl (C=O) groups is 2. The summed E-state index contributed by atoms with van der Waals surface area (Å²) >= 11 is 0. The van der Waals surface area contributed by atoms with E-state index in [2.05, 4.69) is 5.10 Å². The van der Waals surface area contributed by atoms with Gasteiger partial charge in [-0.05, 0) is 30.7 Å². The van der Waals surface area contributed by atoms with E-state index in [0.29, 0.717) is 32.5 Å². The molecule has 25 heavy (non-hydrogen) atoms. The van der Waals surface area contributed by atoms with Gasteiger partial charge in [0.05, 0.1) is 6.61 Å². The molecule has 0 aromatic carbocycles. The molecule has 0 atom stereocenters. The Labute approximate surface area is 148 Å². The molecule has 0 N–H and O–H groups in total. The number of carbonyl (C=O) groups excluding carboxylic acids is 2. The van der Waals surface area contributed by atoms with E-state index in [1.165, 1.54) is 0 Å². The molecule has 2 fully saturated rings. The van der Waals surface area contributed by atoms with Crippen molar-refractivity contribution in [3.63, 3.8) is 0 Å². The molecular formula is C18H28N4O3. The van der Waals surface area contributed by atoms with Crippen molar-refractivity contribution in [2.45, 2.75) is 38.6 Å². The van der Waals surface area contributed by atoms with E-state index in [-0.39, 0.29) is 17.2 Å². The van der Waals surface area contributed by atoms with Gasteiger partial charge >= 0.3 is 0 Å². The Kier molecular flexibility index (Phi) is 5.73. The second kappa shape index (κ2) is 7.99. The summed E-state index contributed by atoms with van der Waals surface area (Å²) in [4.78, 5) is 28.4. The second-order valence-electron chi connectivity index (χ2n) is 7.21. The Morgan fingerprint density at radius 1 is 1.28 bits per heavy atom. The average molecular weight is 348 g/mol. The maximum absolute atomic E-state index is 12.4. The Balaban J connectivity index is 1.48. The molecule has 0 bridgehead atoms. The van der Waals surface area contributed by atoms with Crippen molar-refractivity contribution in [3.05, 3.63) is 18.5 Å². The Morgan fingerprint density at radius 3 is 2.76 bits per heavy atom. The quantitative estimate of drug-likeness (QED) is 0.773. The van der Waals surface area contributed by atoms with Crippen LogP contribution >= 0.6 is 0 Å². The van der Waals surface area contributed by atoms with Crippen LogP contribution in [0.1, 0.15) is 32.1 Å². The molecule has 1 aromatic heterocycles. The van der Waals surface area contributed by atoms with E-state index >= 15 is 0 Å². The fourth-order valence-electron chi connectivity index (χ4n) is 3.95. The zero-order chi connectivity index (χ0) is 17.7. The third-order valence-corrected chi connectivity index (χ3v) is 5.60. The van der Waals surface area contributed by atoms with Gasteiger partial charge in [-0.2, -0.15) is 5.10 Å². The van der Waals surface area contributed by atoms with Crippen LogP contribution in [-0.2, 0) is 20.9 Å². The highest BCUT2D eigenvalue weighted by atomic mass is 16.5. The highest BCUT2D eigenvalue weighted by Gasteiger charge is 2.41. The minimum atomic E-state index is 0.181. The second-order valence-corrected chi connectivity index (χ2v) is 7.21. The van der Waals surface area contributed by atoms with Gasteiger partial charge in [-0.25, -0.2) is 0 Å². The summed E-state index contributed by atoms with van der Waals surface area (Å²) in [6.07, 6.45) is 7.64. The maximum Gasteiger partial charge on any atom is 0.224 e. The molecule has 3 rings (SSSR count). The lowest BCUT2D eigenvalue weighted by Gasteiger charge is -2.47. The summed E-state index contributed by atoms with van der Waals surface area (Å²) < 4.78 is 6.92. The molecule has 2 aliphatic rings. The van der Waals surface area contributed by atoms with Crippen molar-refractivity contribution in [1.82, 2.24) is 19.6 Å². The van der Waals surface area contributed by atoms with E-state index in [0.717, 1.165) is 38.9 Å². The third-order valence-electron chi connectivity index (χ3n) is 5.60. The van der Waals surface area contributed by atoms with Crippen molar-refractivity contribution >= 4 is 11.8 Å². The largest absolute Gasteiger partial charge is 0.383 e. The lowest BCUT2D eigenvalue weighted by molar-refractivity contribution is -0.143. The topological polar surface area (TPSA) is 67.7 Å². The number of hydrogen-bond donors (Lipinski definition) is 0. The SMILES string of the molecule is COCCN1CC2(CCC1=O)CCN(C(=O)CCn1cccn1)CC2. The van der Waals surface area contributed by atoms with Gasteiger partial charge in [0.25, 0.3) is 0 Å². The van der Waals surface area contributed by atoms with Gasteiger partial charge in [0.15, 0.2) is 0 Å². The van der Waals surface area contributed by atoms with Crippen LogP contribution in [0.15, 0.2) is 18.5 Å². The minimum absolute atomic E-state index is 0.181. The van der Waals surface area contributed by atoms with Gasteiger partial charge in [0.1, 0.15) is 0 Å². The molecule has 1 aromatic rings. The van der Waals surface area contributed by atoms with Crippen LogP contribution < -0.4 is 0 Å². The number of amides is 2. The smallest absolute Gasteiger partial charge is 0.224 e. The van der Waals surface area contributed by atoms with Crippen LogP contribution in [0.5, 0.6) is 0 Å². The maximum atomic E-state index is 12.4. The number of aryl methyl sites for hydroxylation is 1. The molecule has 0 saturated carbocycles. The zero-order valence-corrected chi connectivity index (χ0v) is 15.0. The number of aromatic nitrogens is 2. The summed E-state index contributed by atoms with van der Waals surface area (Å²) in [6.45, 7) is 4.29. The number of methoxy groups -OCH3 is 1. The van der Waals surface area contributed by atoms with Crippen molar-refractivity contribution in [2.75, 3.05) is 39.9 Å². The van der Waals surface area contributed by atoms with Crippen molar-refractivity contribution in [3.8, 4) is 0 Å². The molecule has 2 aliphatic heterocycles. The van der Waals surface area contributed by atoms with Gasteiger partial charge in [-0.15, -0.1) is 0 Å². The van der Waals surface area contributed by atoms with E-state index in [9.17, 15) is 9.59 Å². The molecule has 2 amide bonds. The normalized spacial score (nSPS) is 20.3. The first kappa shape index (κ1) is 17.9. The summed E-state index contributed by atoms with van der Waals surface area (Å²) in [5.74, 6) is 0.439. The molecule has 138 valence electrons. The van der Waals surface area contributed by atoms with Crippen molar-refractivity contribution in [2.24, 2.45) is 5.41 Å². The lowest BCUT2D eigenvalue weighted by atomic mass is 9.72. The number of hydrogen-bond acceptors (Lipinski definition) is 4. The van der Waals surface area contributed by atoms with Crippen LogP contribution in [0.4, 0.5) is 0 Å². The van der Waals surface area contributed by atoms with Gasteiger partial charge < -0.3 is 14.5 Å². The predicted octanol–water partition coefficient (Wildman–Crippen LogP) is 1.15. The fraction of sp³-hybridized carbons (Fsp3) is 0.722. The zero-order valence-electron chi connectivity index (χ0n) is 15.0. The molecule has 7 nitrogen and oxygen atoms in total. The lowest BCUT2D eigenvalue weighted by Crippen LogP contribution is -2.53. The molecule has 0 unspecified atom stereocenters. The molecule has 1 spiro atoms. The molecule has 0 aliphatic carbocycles. The Bertz CT molecular complexity index is 579. The van der Waals surface area contributed by atoms with E-state index < -0.39 is 0 Å². The van der Waals surface area contributed by atoms with Crippen LogP contribution in [-0.4, -0.2) is 71.3 Å². The first-order valence-corrected chi connectivity index (χ1v) is 9.14. The van der Waals surface area contributed by atoms with Crippen LogP contribution in [0.25, 0.3) is 0 Å². The number of likely N-dealkylation sites (tertiary alicyclic amines) is 2. The summed E-state index contributed by atoms with van der Waals surface area (Å²) in [5, 5.41) is 4.14. The van der Waals surface area contributed by atoms with E-state index in [4.69, 9.17) is 4.74 Å². The van der Waals surface area contributed by atoms with Gasteiger partial charge in [-0.3, -0.25) is 14.3 Å². The number of nitrogens with zero attached hydrogens (tertiary/aromatic N) is 4. The highest BCUT2D eigenvalue weighted by molar-refractivity contribution is 5.77. The number of piperidine rings is 2. The van der Waals surface area contributed by atoms with Gasteiger partial charge in [0.2, 0.25) is 11.8 Å². The van der Waals surface area contributed by atoms with Crippen molar-refractivity contribution < 1.29 is 14.3 Å². The average Bonchev–Trinajstić information content (AvgIpc) is 3.15. The summed E-state index contributed by atoms with van der Waals surface area (Å²) in [5.41, 5.74) is 0.181. The van der Waals surface area contributed by atoms with Crippen molar-refractivity contribution in [1.29, 1.82) is 0 Å². The van der Waals surface area contributed by atoms with Crippen LogP contribution in [0, 0.1) is 5.41 Å². The van der Waals surface area contributed by atoms with Crippen LogP contribution in [0.3, 0.4) is 0 Å². The number of rotatable bonds is 6.